The fourth-order valence-corrected chi connectivity index (χ4v) is 4.61. The van der Waals surface area contributed by atoms with Crippen LogP contribution in [-0.2, 0) is 23.7 Å². The number of aliphatic hydroxyl groups is 3. The predicted octanol–water partition coefficient (Wildman–Crippen LogP) is 1.58. The van der Waals surface area contributed by atoms with Crippen LogP contribution in [0.5, 0.6) is 0 Å². The first-order chi connectivity index (χ1) is 14.1. The summed E-state index contributed by atoms with van der Waals surface area (Å²) in [5, 5.41) is 31.5. The van der Waals surface area contributed by atoms with Crippen molar-refractivity contribution in [1.82, 2.24) is 0 Å². The smallest absolute Gasteiger partial charge is 0.161 e. The molecule has 3 heterocycles. The fourth-order valence-electron chi connectivity index (χ4n) is 4.61. The van der Waals surface area contributed by atoms with Crippen LogP contribution in [0.1, 0.15) is 60.8 Å². The average Bonchev–Trinajstić information content (AvgIpc) is 2.65. The number of hydrogen-bond acceptors (Lipinski definition) is 8. The molecule has 0 bridgehead atoms. The average molecular weight is 433 g/mol. The normalized spacial score (nSPS) is 50.6. The minimum atomic E-state index is -0.811. The Morgan fingerprint density at radius 1 is 0.667 bits per heavy atom. The molecule has 30 heavy (non-hydrogen) atoms. The Morgan fingerprint density at radius 2 is 1.13 bits per heavy atom. The Labute approximate surface area is 179 Å². The van der Waals surface area contributed by atoms with E-state index < -0.39 is 49.2 Å². The number of hydrogen-bond donors (Lipinski definition) is 3. The van der Waals surface area contributed by atoms with E-state index in [2.05, 4.69) is 13.8 Å². The van der Waals surface area contributed by atoms with E-state index in [-0.39, 0.29) is 30.7 Å². The monoisotopic (exact) mass is 432 g/mol. The van der Waals surface area contributed by atoms with E-state index in [4.69, 9.17) is 23.7 Å². The molecule has 0 aromatic rings. The van der Waals surface area contributed by atoms with Crippen LogP contribution < -0.4 is 0 Å². The fraction of sp³-hybridized carbons (Fsp3) is 1.00. The topological polar surface area (TPSA) is 107 Å². The van der Waals surface area contributed by atoms with Gasteiger partial charge in [0, 0.05) is 25.2 Å². The van der Waals surface area contributed by atoms with Crippen LogP contribution in [0.4, 0.5) is 0 Å². The highest BCUT2D eigenvalue weighted by molar-refractivity contribution is 4.89. The van der Waals surface area contributed by atoms with Crippen LogP contribution >= 0.6 is 0 Å². The van der Waals surface area contributed by atoms with Gasteiger partial charge in [-0.15, -0.1) is 0 Å². The highest BCUT2D eigenvalue weighted by atomic mass is 16.7. The van der Waals surface area contributed by atoms with Gasteiger partial charge in [-0.25, -0.2) is 0 Å². The van der Waals surface area contributed by atoms with Gasteiger partial charge >= 0.3 is 0 Å². The first-order valence-corrected chi connectivity index (χ1v) is 11.4. The third-order valence-corrected chi connectivity index (χ3v) is 6.86. The lowest BCUT2D eigenvalue weighted by Gasteiger charge is -2.45. The molecule has 3 saturated heterocycles. The first-order valence-electron chi connectivity index (χ1n) is 11.4. The molecule has 3 fully saturated rings. The summed E-state index contributed by atoms with van der Waals surface area (Å²) >= 11 is 0. The summed E-state index contributed by atoms with van der Waals surface area (Å²) in [5.74, 6) is 0.356. The minimum absolute atomic E-state index is 0.000345. The van der Waals surface area contributed by atoms with E-state index in [1.165, 1.54) is 0 Å². The molecule has 0 amide bonds. The molecule has 0 aromatic heterocycles. The quantitative estimate of drug-likeness (QED) is 0.601. The van der Waals surface area contributed by atoms with E-state index >= 15 is 0 Å². The Morgan fingerprint density at radius 3 is 1.60 bits per heavy atom. The molecule has 176 valence electrons. The second-order valence-electron chi connectivity index (χ2n) is 9.63. The Hall–Kier alpha value is -0.320. The third-order valence-electron chi connectivity index (χ3n) is 6.86. The maximum atomic E-state index is 10.7. The summed E-state index contributed by atoms with van der Waals surface area (Å²) in [6.07, 6.45) is -4.04. The van der Waals surface area contributed by atoms with Crippen LogP contribution in [0.25, 0.3) is 0 Å². The van der Waals surface area contributed by atoms with Gasteiger partial charge < -0.3 is 39.0 Å². The van der Waals surface area contributed by atoms with Gasteiger partial charge in [0.2, 0.25) is 0 Å². The lowest BCUT2D eigenvalue weighted by atomic mass is 9.92. The van der Waals surface area contributed by atoms with Crippen LogP contribution in [0, 0.1) is 11.8 Å². The molecule has 3 rings (SSSR count). The van der Waals surface area contributed by atoms with Crippen LogP contribution in [-0.4, -0.2) is 82.8 Å². The van der Waals surface area contributed by atoms with Crippen molar-refractivity contribution >= 4 is 0 Å². The van der Waals surface area contributed by atoms with Crippen molar-refractivity contribution in [2.75, 3.05) is 0 Å². The van der Waals surface area contributed by atoms with E-state index in [9.17, 15) is 15.3 Å². The number of ether oxygens (including phenoxy) is 5. The van der Waals surface area contributed by atoms with Crippen molar-refractivity contribution < 1.29 is 39.0 Å². The van der Waals surface area contributed by atoms with Gasteiger partial charge in [-0.2, -0.15) is 0 Å². The maximum Gasteiger partial charge on any atom is 0.161 e. The van der Waals surface area contributed by atoms with Crippen molar-refractivity contribution in [2.24, 2.45) is 11.8 Å². The molecular formula is C22H40O8. The molecule has 0 spiro atoms. The summed E-state index contributed by atoms with van der Waals surface area (Å²) in [7, 11) is 0. The van der Waals surface area contributed by atoms with E-state index in [1.807, 2.05) is 27.7 Å². The molecule has 8 heteroatoms. The lowest BCUT2D eigenvalue weighted by molar-refractivity contribution is -0.324. The summed E-state index contributed by atoms with van der Waals surface area (Å²) in [6, 6.07) is 0. The molecule has 8 nitrogen and oxygen atoms in total. The molecule has 3 N–H and O–H groups in total. The van der Waals surface area contributed by atoms with Crippen molar-refractivity contribution in [3.63, 3.8) is 0 Å². The highest BCUT2D eigenvalue weighted by Crippen LogP contribution is 2.33. The largest absolute Gasteiger partial charge is 0.393 e. The van der Waals surface area contributed by atoms with Crippen LogP contribution in [0.2, 0.25) is 0 Å². The van der Waals surface area contributed by atoms with Crippen LogP contribution in [0.15, 0.2) is 0 Å². The molecule has 0 aromatic carbocycles. The SMILES string of the molecule is CC(C)[C@H]1C[C@H](O)[C@H](OC2C[C@H](O)[C@H](OC3C[C@H](O)[C@H](C)[C@@H](C)O3)[C@@H](C)O2)[C@@H](C)O1. The van der Waals surface area contributed by atoms with Gasteiger partial charge in [-0.3, -0.25) is 0 Å². The second-order valence-corrected chi connectivity index (χ2v) is 9.63. The van der Waals surface area contributed by atoms with Crippen molar-refractivity contribution in [1.29, 1.82) is 0 Å². The molecule has 0 radical (unpaired) electrons. The Kier molecular flexibility index (Phi) is 8.18. The van der Waals surface area contributed by atoms with Crippen LogP contribution in [0.3, 0.4) is 0 Å². The zero-order valence-electron chi connectivity index (χ0n) is 19.0. The zero-order valence-corrected chi connectivity index (χ0v) is 19.0. The molecule has 0 aliphatic carbocycles. The Balaban J connectivity index is 1.53. The molecule has 2 unspecified atom stereocenters. The van der Waals surface area contributed by atoms with Gasteiger partial charge in [0.05, 0.1) is 42.7 Å². The molecule has 0 saturated carbocycles. The molecular weight excluding hydrogens is 392 g/mol. The summed E-state index contributed by atoms with van der Waals surface area (Å²) < 4.78 is 29.8. The van der Waals surface area contributed by atoms with Gasteiger partial charge in [0.25, 0.3) is 0 Å². The summed E-state index contributed by atoms with van der Waals surface area (Å²) in [6.45, 7) is 11.7. The van der Waals surface area contributed by atoms with Gasteiger partial charge in [0.15, 0.2) is 12.6 Å². The standard InChI is InChI=1S/C22H40O8/c1-10(2)18-7-16(24)21(13(5)26-18)30-20-9-17(25)22(14(6)28-20)29-19-8-15(23)11(3)12(4)27-19/h10-25H,7-9H2,1-6H3/t11-,12-,13-,14-,15+,16+,17+,18-,19?,20?,21-,22-/m1/s1. The minimum Gasteiger partial charge on any atom is -0.393 e. The van der Waals surface area contributed by atoms with Gasteiger partial charge in [-0.05, 0) is 26.7 Å². The maximum absolute atomic E-state index is 10.7. The molecule has 12 atom stereocenters. The third kappa shape index (κ3) is 5.53. The number of aliphatic hydroxyl groups excluding tert-OH is 3. The van der Waals surface area contributed by atoms with E-state index in [1.54, 1.807) is 0 Å². The van der Waals surface area contributed by atoms with E-state index in [0.717, 1.165) is 0 Å². The van der Waals surface area contributed by atoms with Crippen molar-refractivity contribution in [3.8, 4) is 0 Å². The predicted molar refractivity (Wildman–Crippen MR) is 109 cm³/mol. The van der Waals surface area contributed by atoms with Gasteiger partial charge in [0.1, 0.15) is 12.2 Å². The molecule has 3 aliphatic heterocycles. The molecule has 3 aliphatic rings. The summed E-state index contributed by atoms with van der Waals surface area (Å²) in [4.78, 5) is 0. The van der Waals surface area contributed by atoms with Crippen molar-refractivity contribution in [2.45, 2.75) is 128 Å². The van der Waals surface area contributed by atoms with Crippen molar-refractivity contribution in [3.05, 3.63) is 0 Å². The van der Waals surface area contributed by atoms with E-state index in [0.29, 0.717) is 18.8 Å². The number of rotatable bonds is 5. The zero-order chi connectivity index (χ0) is 22.2. The summed E-state index contributed by atoms with van der Waals surface area (Å²) in [5.41, 5.74) is 0. The van der Waals surface area contributed by atoms with Gasteiger partial charge in [-0.1, -0.05) is 20.8 Å². The lowest BCUT2D eigenvalue weighted by Crippen LogP contribution is -2.56. The second kappa shape index (κ2) is 10.1. The Bertz CT molecular complexity index is 509. The highest BCUT2D eigenvalue weighted by Gasteiger charge is 2.44. The first kappa shape index (κ1) is 24.3.